The van der Waals surface area contributed by atoms with Gasteiger partial charge in [0.25, 0.3) is 16.0 Å². The highest BCUT2D eigenvalue weighted by atomic mass is 35.5. The monoisotopic (exact) mass is 1700 g/mol. The number of nitrogens with two attached hydrogens (primary N) is 1. The molecule has 0 radical (unpaired) electrons. The predicted octanol–water partition coefficient (Wildman–Crippen LogP) is 10.3. The van der Waals surface area contributed by atoms with Crippen molar-refractivity contribution >= 4 is 50.8 Å². The number of aliphatic hydroxyl groups excluding tert-OH is 4. The van der Waals surface area contributed by atoms with Crippen LogP contribution in [-0.2, 0) is 47.7 Å². The molecule has 7 aliphatic heterocycles. The molecule has 11 atom stereocenters. The fraction of sp³-hybridized carbons (Fsp3) is 0.440. The van der Waals surface area contributed by atoms with E-state index in [-0.39, 0.29) is 45.9 Å². The van der Waals surface area contributed by atoms with Gasteiger partial charge < -0.3 is 93.9 Å². The van der Waals surface area contributed by atoms with Crippen molar-refractivity contribution in [3.8, 4) is 46.0 Å². The van der Waals surface area contributed by atoms with Gasteiger partial charge in [-0.1, -0.05) is 104 Å². The van der Waals surface area contributed by atoms with E-state index in [0.29, 0.717) is 190 Å². The van der Waals surface area contributed by atoms with Gasteiger partial charge in [-0.3, -0.25) is 23.7 Å². The highest BCUT2D eigenvalue weighted by molar-refractivity contribution is 7.86. The first-order valence-electron chi connectivity index (χ1n) is 38.6. The Labute approximate surface area is 690 Å². The number of amides is 3. The molecule has 8 aromatic rings. The molecule has 7 aliphatic rings. The van der Waals surface area contributed by atoms with Crippen LogP contribution in [0.25, 0.3) is 11.0 Å². The van der Waals surface area contributed by atoms with E-state index in [1.807, 2.05) is 58.3 Å². The number of alkyl halides is 5. The highest BCUT2D eigenvalue weighted by Crippen LogP contribution is 2.40. The maximum atomic E-state index is 15.2. The van der Waals surface area contributed by atoms with Crippen molar-refractivity contribution in [1.29, 1.82) is 0 Å². The maximum Gasteiger partial charge on any atom is 0.407 e. The number of furan rings is 1. The van der Waals surface area contributed by atoms with Crippen molar-refractivity contribution in [3.63, 3.8) is 0 Å². The van der Waals surface area contributed by atoms with Crippen molar-refractivity contribution in [1.82, 2.24) is 30.7 Å². The van der Waals surface area contributed by atoms with E-state index in [1.165, 1.54) is 18.2 Å². The molecular weight excluding hydrogens is 1610 g/mol. The van der Waals surface area contributed by atoms with E-state index in [1.54, 1.807) is 89.8 Å². The molecule has 35 heteroatoms. The first-order chi connectivity index (χ1) is 56.7. The molecule has 8 heterocycles. The molecule has 3 amide bonds. The van der Waals surface area contributed by atoms with Crippen molar-refractivity contribution in [2.24, 2.45) is 5.73 Å². The van der Waals surface area contributed by atoms with Gasteiger partial charge in [0.1, 0.15) is 108 Å². The second-order valence-corrected chi connectivity index (χ2v) is 31.1. The zero-order chi connectivity index (χ0) is 83.5. The summed E-state index contributed by atoms with van der Waals surface area (Å²) in [5, 5.41) is 51.5. The molecule has 3 fully saturated rings. The van der Waals surface area contributed by atoms with Gasteiger partial charge in [0.05, 0.1) is 37.1 Å². The molecule has 15 rings (SSSR count). The molecule has 0 saturated carbocycles. The minimum atomic E-state index is -4.04. The van der Waals surface area contributed by atoms with Crippen molar-refractivity contribution < 1.29 is 121 Å². The van der Waals surface area contributed by atoms with Crippen molar-refractivity contribution in [2.75, 3.05) is 125 Å². The van der Waals surface area contributed by atoms with Crippen LogP contribution in [0.15, 0.2) is 162 Å². The second kappa shape index (κ2) is 42.3. The lowest BCUT2D eigenvalue weighted by atomic mass is 10.0. The third-order valence-corrected chi connectivity index (χ3v) is 20.9. The summed E-state index contributed by atoms with van der Waals surface area (Å²) in [6.45, 7) is 6.30. The lowest BCUT2D eigenvalue weighted by Crippen LogP contribution is -2.51. The Morgan fingerprint density at radius 3 is 1.24 bits per heavy atom. The van der Waals surface area contributed by atoms with Crippen LogP contribution >= 0.6 is 11.6 Å². The number of hydrogen-bond donors (Lipinski definition) is 8. The van der Waals surface area contributed by atoms with Crippen LogP contribution < -0.4 is 59.6 Å². The van der Waals surface area contributed by atoms with Crippen LogP contribution in [0.5, 0.6) is 46.0 Å². The molecule has 28 nitrogen and oxygen atoms in total. The summed E-state index contributed by atoms with van der Waals surface area (Å²) in [5.74, 6) is -2.16. The van der Waals surface area contributed by atoms with Crippen molar-refractivity contribution in [2.45, 2.75) is 113 Å². The van der Waals surface area contributed by atoms with Crippen LogP contribution in [0.2, 0.25) is 5.02 Å². The van der Waals surface area contributed by atoms with Crippen molar-refractivity contribution in [3.05, 3.63) is 202 Å². The Morgan fingerprint density at radius 1 is 0.496 bits per heavy atom. The lowest BCUT2D eigenvalue weighted by molar-refractivity contribution is -0.151. The molecular formula is C84H99ClF5N7O21S. The molecule has 119 heavy (non-hydrogen) atoms. The number of nitrogens with zero attached hydrogens (tertiary/aromatic N) is 3. The number of ether oxygens (including phenoxy) is 10. The molecule has 0 aliphatic carbocycles. The molecule has 0 unspecified atom stereocenters. The lowest BCUT2D eigenvalue weighted by Gasteiger charge is -2.30. The summed E-state index contributed by atoms with van der Waals surface area (Å²) in [5.41, 5.74) is 9.86. The van der Waals surface area contributed by atoms with Crippen LogP contribution in [0.1, 0.15) is 90.2 Å². The Balaban J connectivity index is 0.000000157. The number of nitrogens with one attached hydrogen (secondary N) is 3. The first-order valence-corrected chi connectivity index (χ1v) is 40.8. The van der Waals surface area contributed by atoms with Gasteiger partial charge >= 0.3 is 18.1 Å². The van der Waals surface area contributed by atoms with Gasteiger partial charge in [0.2, 0.25) is 0 Å². The van der Waals surface area contributed by atoms with Gasteiger partial charge in [-0.25, -0.2) is 22.8 Å². The van der Waals surface area contributed by atoms with E-state index in [0.717, 1.165) is 23.4 Å². The number of likely N-dealkylation sites (tertiary alicyclic amines) is 3. The summed E-state index contributed by atoms with van der Waals surface area (Å²) < 4.78 is 158. The third-order valence-electron chi connectivity index (χ3n) is 20.1. The largest absolute Gasteiger partial charge is 0.486 e. The zero-order valence-electron chi connectivity index (χ0n) is 64.4. The van der Waals surface area contributed by atoms with E-state index in [2.05, 4.69) is 16.0 Å². The summed E-state index contributed by atoms with van der Waals surface area (Å²) in [6, 6.07) is 40.5. The van der Waals surface area contributed by atoms with Crippen LogP contribution in [0, 0.1) is 0 Å². The summed E-state index contributed by atoms with van der Waals surface area (Å²) in [7, 11) is -3.79. The highest BCUT2D eigenvalue weighted by Gasteiger charge is 2.47. The summed E-state index contributed by atoms with van der Waals surface area (Å²) >= 11 is 5.92. The molecule has 3 saturated heterocycles. The molecule has 644 valence electrons. The Bertz CT molecular complexity index is 4770. The Kier molecular flexibility index (Phi) is 31.9. The molecule has 0 spiro atoms. The van der Waals surface area contributed by atoms with Gasteiger partial charge in [-0.2, -0.15) is 17.2 Å². The average molecular weight is 1710 g/mol. The Morgan fingerprint density at radius 2 is 0.857 bits per heavy atom. The Hall–Kier alpha value is -9.98. The fourth-order valence-corrected chi connectivity index (χ4v) is 14.5. The normalized spacial score (nSPS) is 19.4. The number of hydrogen-bond acceptors (Lipinski definition) is 25. The standard InChI is InChI=1S/C25H24ClF3N2O5.C23H27FN2O5.C20H23NO8S.C15H21FN2O3.CH4/c26-16-2-4-19-15(9-16)11-22(36-19)25(28,29)24(33)30-18(13-31-6-5-17(27)12-31)23(32)14-1-3-20-21(10-14)35-8-7-34-20;24-18-8-9-26(13-18)14-19(25-23(28)31-15-16-4-2-1-3-5-16)22(27)17-6-7-20-21(12-17)30-11-10-29-20;1-30(24,25)29-13-16(21-20(23)28-12-14-5-3-2-4-6-14)19(22)15-7-8-17-18(11-15)27-10-9-26-17;16-11-3-4-18(8-11)9-12(17)15(19)10-1-2-13-14(7-10)21-6-5-20-13;/h1-4,9-11,17-18,23,32H,5-8,12-13H2,(H,30,33);1-7,12,18-19,22,27H,8-11,13-15H2,(H,25,28);2-8,11,16,19,22H,9-10,12-13H2,1H3,(H,21,23);1-2,7,11-12,15,19H,3-6,8-9,17H2;1H4/t17-,18-,23-;18-,19-,22-;16-,19-;11-,12-,15-;/m1111./s1. The maximum absolute atomic E-state index is 15.2. The smallest absolute Gasteiger partial charge is 0.407 e. The second-order valence-electron chi connectivity index (χ2n) is 29.1. The quantitative estimate of drug-likeness (QED) is 0.0184. The SMILES string of the molecule is C.CS(=O)(=O)OC[C@@H](NC(=O)OCc1ccccc1)[C@H](O)c1ccc2c(c1)OCCO2.N[C@H](CN1CC[C@@H](F)C1)[C@H](O)c1ccc2c(c1)OCCO2.O=C(N[C@H](CN1CC[C@@H](F)C1)[C@H](O)c1ccc2c(c1)OCCO2)C(F)(F)c1cc2cc(Cl)ccc2o1.O=C(N[C@H](CN1CC[C@@H](F)C1)[C@H](O)c1ccc2c(c1)OCCO2)OCc1ccccc1. The van der Waals surface area contributed by atoms with Crippen LogP contribution in [0.3, 0.4) is 0 Å². The molecule has 9 N–H and O–H groups in total. The van der Waals surface area contributed by atoms with Crippen LogP contribution in [0.4, 0.5) is 31.5 Å². The minimum absolute atomic E-state index is 0. The summed E-state index contributed by atoms with van der Waals surface area (Å²) in [4.78, 5) is 43.0. The molecule has 1 aromatic heterocycles. The average Bonchev–Trinajstić information content (AvgIpc) is 1.64. The minimum Gasteiger partial charge on any atom is -0.486 e. The van der Waals surface area contributed by atoms with Gasteiger partial charge in [0.15, 0.2) is 51.8 Å². The van der Waals surface area contributed by atoms with Gasteiger partial charge in [0, 0.05) is 75.4 Å². The third kappa shape index (κ3) is 25.5. The first kappa shape index (κ1) is 89.8. The van der Waals surface area contributed by atoms with Gasteiger partial charge in [-0.05, 0) is 125 Å². The fourth-order valence-electron chi connectivity index (χ4n) is 14.0. The number of alkyl carbamates (subject to hydrolysis) is 2. The number of benzene rings is 7. The van der Waals surface area contributed by atoms with E-state index >= 15 is 8.78 Å². The summed E-state index contributed by atoms with van der Waals surface area (Å²) in [6.07, 6.45) is -6.51. The van der Waals surface area contributed by atoms with Crippen LogP contribution in [-0.4, -0.2) is 229 Å². The van der Waals surface area contributed by atoms with E-state index in [9.17, 15) is 56.4 Å². The number of fused-ring (bicyclic) bond motifs is 5. The number of aliphatic hydroxyl groups is 4. The molecule has 0 bridgehead atoms. The van der Waals surface area contributed by atoms with Gasteiger partial charge in [-0.15, -0.1) is 0 Å². The molecule has 7 aromatic carbocycles. The topological polar surface area (TPSA) is 353 Å². The van der Waals surface area contributed by atoms with E-state index in [4.69, 9.17) is 73.3 Å². The number of halogens is 6. The predicted molar refractivity (Wildman–Crippen MR) is 427 cm³/mol. The zero-order valence-corrected chi connectivity index (χ0v) is 66.0. The number of carbonyl (C=O) groups excluding carboxylic acids is 3. The number of carbonyl (C=O) groups is 3. The van der Waals surface area contributed by atoms with E-state index < -0.39 is 114 Å². The number of rotatable bonds is 26.